The molecule has 2 heteroatoms. The molecule has 0 amide bonds. The Morgan fingerprint density at radius 3 is 2.25 bits per heavy atom. The van der Waals surface area contributed by atoms with E-state index in [0.717, 1.165) is 6.54 Å². The SMILES string of the molecule is CC(O)=CCN(C)C. The molecule has 0 aromatic heterocycles. The van der Waals surface area contributed by atoms with Crippen molar-refractivity contribution >= 4 is 0 Å². The van der Waals surface area contributed by atoms with E-state index in [9.17, 15) is 0 Å². The van der Waals surface area contributed by atoms with Crippen molar-refractivity contribution in [3.8, 4) is 0 Å². The van der Waals surface area contributed by atoms with E-state index in [1.807, 2.05) is 19.0 Å². The summed E-state index contributed by atoms with van der Waals surface area (Å²) in [5, 5.41) is 8.64. The maximum atomic E-state index is 8.64. The van der Waals surface area contributed by atoms with Crippen LogP contribution in [0.3, 0.4) is 0 Å². The first-order chi connectivity index (χ1) is 3.63. The Bertz CT molecular complexity index is 82.5. The van der Waals surface area contributed by atoms with Crippen LogP contribution in [-0.2, 0) is 0 Å². The molecule has 0 fully saturated rings. The highest BCUT2D eigenvalue weighted by Gasteiger charge is 1.83. The van der Waals surface area contributed by atoms with E-state index in [4.69, 9.17) is 5.11 Å². The van der Waals surface area contributed by atoms with Gasteiger partial charge in [-0.25, -0.2) is 0 Å². The van der Waals surface area contributed by atoms with Crippen molar-refractivity contribution in [2.24, 2.45) is 0 Å². The number of likely N-dealkylation sites (N-methyl/N-ethyl adjacent to an activating group) is 1. The summed E-state index contributed by atoms with van der Waals surface area (Å²) in [7, 11) is 3.92. The topological polar surface area (TPSA) is 23.5 Å². The standard InChI is InChI=1S/C6H13NO/c1-6(8)4-5-7(2)3/h4,8H,5H2,1-3H3. The highest BCUT2D eigenvalue weighted by atomic mass is 16.3. The van der Waals surface area contributed by atoms with Crippen molar-refractivity contribution in [2.75, 3.05) is 20.6 Å². The summed E-state index contributed by atoms with van der Waals surface area (Å²) in [6, 6.07) is 0. The normalized spacial score (nSPS) is 12.8. The lowest BCUT2D eigenvalue weighted by Crippen LogP contribution is -2.10. The van der Waals surface area contributed by atoms with Crippen molar-refractivity contribution in [3.63, 3.8) is 0 Å². The number of rotatable bonds is 2. The van der Waals surface area contributed by atoms with Gasteiger partial charge in [-0.2, -0.15) is 0 Å². The summed E-state index contributed by atoms with van der Waals surface area (Å²) in [5.74, 6) is 0.388. The summed E-state index contributed by atoms with van der Waals surface area (Å²) >= 11 is 0. The molecule has 1 N–H and O–H groups in total. The van der Waals surface area contributed by atoms with E-state index in [0.29, 0.717) is 5.76 Å². The molecule has 0 saturated heterocycles. The second-order valence-corrected chi connectivity index (χ2v) is 2.11. The van der Waals surface area contributed by atoms with Crippen molar-refractivity contribution in [1.82, 2.24) is 4.90 Å². The van der Waals surface area contributed by atoms with E-state index < -0.39 is 0 Å². The maximum absolute atomic E-state index is 8.64. The summed E-state index contributed by atoms with van der Waals surface area (Å²) < 4.78 is 0. The number of aliphatic hydroxyl groups is 1. The fourth-order valence-corrected chi connectivity index (χ4v) is 0.315. The summed E-state index contributed by atoms with van der Waals surface area (Å²) in [4.78, 5) is 1.99. The van der Waals surface area contributed by atoms with Crippen molar-refractivity contribution < 1.29 is 5.11 Å². The van der Waals surface area contributed by atoms with Gasteiger partial charge in [-0.3, -0.25) is 0 Å². The average molecular weight is 115 g/mol. The van der Waals surface area contributed by atoms with Crippen LogP contribution >= 0.6 is 0 Å². The van der Waals surface area contributed by atoms with Crippen LogP contribution in [0.25, 0.3) is 0 Å². The average Bonchev–Trinajstić information content (AvgIpc) is 1.61. The molecule has 0 aromatic rings. The van der Waals surface area contributed by atoms with Gasteiger partial charge >= 0.3 is 0 Å². The molecule has 48 valence electrons. The Hall–Kier alpha value is -0.500. The molecule has 0 saturated carbocycles. The van der Waals surface area contributed by atoms with E-state index in [1.165, 1.54) is 0 Å². The molecule has 0 aliphatic carbocycles. The first-order valence-electron chi connectivity index (χ1n) is 2.63. The van der Waals surface area contributed by atoms with Gasteiger partial charge in [0, 0.05) is 6.54 Å². The molecule has 0 bridgehead atoms. The number of hydrogen-bond donors (Lipinski definition) is 1. The van der Waals surface area contributed by atoms with Gasteiger partial charge in [0.1, 0.15) is 0 Å². The van der Waals surface area contributed by atoms with Gasteiger partial charge in [0.15, 0.2) is 0 Å². The monoisotopic (exact) mass is 115 g/mol. The molecule has 0 atom stereocenters. The first kappa shape index (κ1) is 7.50. The first-order valence-corrected chi connectivity index (χ1v) is 2.63. The third kappa shape index (κ3) is 5.50. The molecule has 0 unspecified atom stereocenters. The van der Waals surface area contributed by atoms with Gasteiger partial charge in [0.05, 0.1) is 5.76 Å². The predicted octanol–water partition coefficient (Wildman–Crippen LogP) is 1.01. The van der Waals surface area contributed by atoms with Crippen LogP contribution in [0.2, 0.25) is 0 Å². The Kier molecular flexibility index (Phi) is 3.28. The molecule has 0 aliphatic heterocycles. The third-order valence-corrected chi connectivity index (χ3v) is 0.752. The van der Waals surface area contributed by atoms with Crippen molar-refractivity contribution in [2.45, 2.75) is 6.92 Å². The minimum Gasteiger partial charge on any atom is -0.513 e. The molecule has 0 spiro atoms. The van der Waals surface area contributed by atoms with Crippen molar-refractivity contribution in [3.05, 3.63) is 11.8 Å². The number of nitrogens with zero attached hydrogens (tertiary/aromatic N) is 1. The molecule has 0 aliphatic rings. The predicted molar refractivity (Wildman–Crippen MR) is 34.9 cm³/mol. The van der Waals surface area contributed by atoms with Crippen molar-refractivity contribution in [1.29, 1.82) is 0 Å². The largest absolute Gasteiger partial charge is 0.513 e. The fraction of sp³-hybridized carbons (Fsp3) is 0.667. The number of hydrogen-bond acceptors (Lipinski definition) is 2. The van der Waals surface area contributed by atoms with Gasteiger partial charge in [0.2, 0.25) is 0 Å². The summed E-state index contributed by atoms with van der Waals surface area (Å²) in [5.41, 5.74) is 0. The van der Waals surface area contributed by atoms with Gasteiger partial charge in [-0.05, 0) is 27.1 Å². The Balaban J connectivity index is 3.29. The Morgan fingerprint density at radius 1 is 1.62 bits per heavy atom. The second-order valence-electron chi connectivity index (χ2n) is 2.11. The Labute approximate surface area is 50.4 Å². The molecule has 2 nitrogen and oxygen atoms in total. The summed E-state index contributed by atoms with van der Waals surface area (Å²) in [6.07, 6.45) is 1.76. The molecule has 0 heterocycles. The van der Waals surface area contributed by atoms with Crippen LogP contribution < -0.4 is 0 Å². The van der Waals surface area contributed by atoms with E-state index in [1.54, 1.807) is 13.0 Å². The van der Waals surface area contributed by atoms with Crippen LogP contribution in [0.4, 0.5) is 0 Å². The van der Waals surface area contributed by atoms with Gasteiger partial charge < -0.3 is 10.0 Å². The van der Waals surface area contributed by atoms with Crippen LogP contribution in [0.5, 0.6) is 0 Å². The molecule has 0 aromatic carbocycles. The van der Waals surface area contributed by atoms with E-state index >= 15 is 0 Å². The second kappa shape index (κ2) is 3.50. The fourth-order valence-electron chi connectivity index (χ4n) is 0.315. The van der Waals surface area contributed by atoms with E-state index in [2.05, 4.69) is 0 Å². The molecular formula is C6H13NO. The smallest absolute Gasteiger partial charge is 0.0864 e. The zero-order chi connectivity index (χ0) is 6.57. The zero-order valence-electron chi connectivity index (χ0n) is 5.68. The molecular weight excluding hydrogens is 102 g/mol. The Morgan fingerprint density at radius 2 is 2.12 bits per heavy atom. The van der Waals surface area contributed by atoms with Gasteiger partial charge in [-0.15, -0.1) is 0 Å². The highest BCUT2D eigenvalue weighted by Crippen LogP contribution is 1.83. The van der Waals surface area contributed by atoms with Gasteiger partial charge in [0.25, 0.3) is 0 Å². The lowest BCUT2D eigenvalue weighted by atomic mass is 10.4. The van der Waals surface area contributed by atoms with Crippen LogP contribution in [0.1, 0.15) is 6.92 Å². The lowest BCUT2D eigenvalue weighted by Gasteiger charge is -2.03. The molecule has 0 radical (unpaired) electrons. The molecule has 0 rings (SSSR count). The van der Waals surface area contributed by atoms with Gasteiger partial charge in [-0.1, -0.05) is 0 Å². The zero-order valence-corrected chi connectivity index (χ0v) is 5.68. The van der Waals surface area contributed by atoms with Crippen LogP contribution in [-0.4, -0.2) is 30.6 Å². The van der Waals surface area contributed by atoms with Crippen LogP contribution in [0.15, 0.2) is 11.8 Å². The minimum absolute atomic E-state index is 0.388. The summed E-state index contributed by atoms with van der Waals surface area (Å²) in [6.45, 7) is 2.48. The molecule has 8 heavy (non-hydrogen) atoms. The number of allylic oxidation sites excluding steroid dienone is 1. The lowest BCUT2D eigenvalue weighted by molar-refractivity contribution is 0.396. The van der Waals surface area contributed by atoms with E-state index in [-0.39, 0.29) is 0 Å². The quantitative estimate of drug-likeness (QED) is 0.543. The van der Waals surface area contributed by atoms with Crippen LogP contribution in [0, 0.1) is 0 Å². The maximum Gasteiger partial charge on any atom is 0.0864 e. The highest BCUT2D eigenvalue weighted by molar-refractivity contribution is 4.87. The minimum atomic E-state index is 0.388. The number of aliphatic hydroxyl groups excluding tert-OH is 1. The third-order valence-electron chi connectivity index (χ3n) is 0.752.